The van der Waals surface area contributed by atoms with Gasteiger partial charge in [0.25, 0.3) is 0 Å². The molecule has 0 aromatic carbocycles. The van der Waals surface area contributed by atoms with Crippen molar-refractivity contribution in [3.05, 3.63) is 0 Å². The molecule has 0 radical (unpaired) electrons. The predicted molar refractivity (Wildman–Crippen MR) is 75.8 cm³/mol. The van der Waals surface area contributed by atoms with Gasteiger partial charge in [-0.3, -0.25) is 14.5 Å². The molecule has 0 bridgehead atoms. The molecule has 0 saturated carbocycles. The monoisotopic (exact) mass is 275 g/mol. The van der Waals surface area contributed by atoms with Crippen LogP contribution in [0.5, 0.6) is 0 Å². The Morgan fingerprint density at radius 3 is 2.22 bits per heavy atom. The highest BCUT2D eigenvalue weighted by molar-refractivity contribution is 7.81. The van der Waals surface area contributed by atoms with Crippen LogP contribution in [0.1, 0.15) is 48.0 Å². The SMILES string of the molecule is CC.CC(C)OCC(C)(C)N1C(=O)CC(S)C1=O. The molecule has 2 amide bonds. The molecule has 5 heteroatoms. The van der Waals surface area contributed by atoms with Crippen molar-refractivity contribution < 1.29 is 14.3 Å². The third-order valence-corrected chi connectivity index (χ3v) is 2.90. The van der Waals surface area contributed by atoms with Crippen molar-refractivity contribution in [3.8, 4) is 0 Å². The Kier molecular flexibility index (Phi) is 6.92. The molecule has 4 nitrogen and oxygen atoms in total. The molecule has 1 aliphatic rings. The average molecular weight is 275 g/mol. The van der Waals surface area contributed by atoms with Crippen LogP contribution in [0, 0.1) is 0 Å². The van der Waals surface area contributed by atoms with Gasteiger partial charge in [0.1, 0.15) is 0 Å². The molecule has 0 aromatic heterocycles. The lowest BCUT2D eigenvalue weighted by Gasteiger charge is -2.34. The standard InChI is InChI=1S/C11H19NO3S.C2H6/c1-7(2)15-6-11(3,4)12-9(13)5-8(16)10(12)14;1-2/h7-8,16H,5-6H2,1-4H3;1-2H3. The van der Waals surface area contributed by atoms with Crippen LogP contribution >= 0.6 is 12.6 Å². The third-order valence-electron chi connectivity index (χ3n) is 2.50. The zero-order valence-electron chi connectivity index (χ0n) is 12.2. The van der Waals surface area contributed by atoms with E-state index in [9.17, 15) is 9.59 Å². The highest BCUT2D eigenvalue weighted by Crippen LogP contribution is 2.26. The third kappa shape index (κ3) is 4.28. The van der Waals surface area contributed by atoms with Crippen LogP contribution in [0.15, 0.2) is 0 Å². The van der Waals surface area contributed by atoms with Gasteiger partial charge < -0.3 is 4.74 Å². The van der Waals surface area contributed by atoms with E-state index in [4.69, 9.17) is 4.74 Å². The second kappa shape index (κ2) is 7.14. The molecule has 1 fully saturated rings. The van der Waals surface area contributed by atoms with E-state index < -0.39 is 10.8 Å². The van der Waals surface area contributed by atoms with Crippen LogP contribution in [0.4, 0.5) is 0 Å². The van der Waals surface area contributed by atoms with Crippen LogP contribution in [-0.4, -0.2) is 40.2 Å². The van der Waals surface area contributed by atoms with Gasteiger partial charge in [-0.2, -0.15) is 12.6 Å². The molecule has 106 valence electrons. The minimum atomic E-state index is -0.601. The quantitative estimate of drug-likeness (QED) is 0.632. The van der Waals surface area contributed by atoms with Crippen molar-refractivity contribution in [2.75, 3.05) is 6.61 Å². The molecular formula is C13H25NO3S. The Morgan fingerprint density at radius 1 is 1.39 bits per heavy atom. The number of rotatable bonds is 4. The van der Waals surface area contributed by atoms with E-state index in [-0.39, 0.29) is 24.3 Å². The molecule has 0 aliphatic carbocycles. The maximum Gasteiger partial charge on any atom is 0.243 e. The zero-order valence-corrected chi connectivity index (χ0v) is 13.1. The fourth-order valence-corrected chi connectivity index (χ4v) is 1.96. The molecule has 1 atom stereocenters. The Morgan fingerprint density at radius 2 is 1.89 bits per heavy atom. The van der Waals surface area contributed by atoms with E-state index in [0.29, 0.717) is 6.61 Å². The second-order valence-corrected chi connectivity index (χ2v) is 5.58. The number of imide groups is 1. The first kappa shape index (κ1) is 17.4. The molecule has 18 heavy (non-hydrogen) atoms. The van der Waals surface area contributed by atoms with Gasteiger partial charge >= 0.3 is 0 Å². The molecule has 1 aliphatic heterocycles. The highest BCUT2D eigenvalue weighted by atomic mass is 32.1. The summed E-state index contributed by atoms with van der Waals surface area (Å²) in [5.41, 5.74) is -0.601. The summed E-state index contributed by atoms with van der Waals surface area (Å²) in [6.07, 6.45) is 0.270. The van der Waals surface area contributed by atoms with Crippen molar-refractivity contribution in [2.24, 2.45) is 0 Å². The van der Waals surface area contributed by atoms with Crippen molar-refractivity contribution in [2.45, 2.75) is 64.9 Å². The van der Waals surface area contributed by atoms with E-state index in [1.165, 1.54) is 4.90 Å². The van der Waals surface area contributed by atoms with Gasteiger partial charge in [0.05, 0.1) is 23.5 Å². The summed E-state index contributed by atoms with van der Waals surface area (Å²) in [5.74, 6) is -0.381. The smallest absolute Gasteiger partial charge is 0.243 e. The number of carbonyl (C=O) groups is 2. The van der Waals surface area contributed by atoms with E-state index in [0.717, 1.165) is 0 Å². The van der Waals surface area contributed by atoms with Crippen LogP contribution in [0.25, 0.3) is 0 Å². The predicted octanol–water partition coefficient (Wildman–Crippen LogP) is 2.27. The van der Waals surface area contributed by atoms with Crippen molar-refractivity contribution in [1.29, 1.82) is 0 Å². The molecule has 0 spiro atoms. The van der Waals surface area contributed by atoms with Crippen molar-refractivity contribution in [3.63, 3.8) is 0 Å². The number of thiol groups is 1. The normalized spacial score (nSPS) is 20.2. The maximum atomic E-state index is 11.8. The van der Waals surface area contributed by atoms with Crippen molar-refractivity contribution in [1.82, 2.24) is 4.90 Å². The number of amides is 2. The lowest BCUT2D eigenvalue weighted by molar-refractivity contribution is -0.147. The topological polar surface area (TPSA) is 46.6 Å². The Bertz CT molecular complexity index is 303. The summed E-state index contributed by atoms with van der Waals surface area (Å²) in [6.45, 7) is 11.9. The summed E-state index contributed by atoms with van der Waals surface area (Å²) < 4.78 is 5.48. The lowest BCUT2D eigenvalue weighted by Crippen LogP contribution is -2.51. The molecular weight excluding hydrogens is 250 g/mol. The summed E-state index contributed by atoms with van der Waals surface area (Å²) in [6, 6.07) is 0. The molecule has 1 unspecified atom stereocenters. The van der Waals surface area contributed by atoms with Gasteiger partial charge in [0.2, 0.25) is 11.8 Å². The van der Waals surface area contributed by atoms with E-state index in [1.807, 2.05) is 41.5 Å². The van der Waals surface area contributed by atoms with Gasteiger partial charge in [0, 0.05) is 6.42 Å². The molecule has 1 heterocycles. The first-order valence-electron chi connectivity index (χ1n) is 6.42. The minimum Gasteiger partial charge on any atom is -0.376 e. The van der Waals surface area contributed by atoms with E-state index in [1.54, 1.807) is 0 Å². The number of likely N-dealkylation sites (tertiary alicyclic amines) is 1. The van der Waals surface area contributed by atoms with Gasteiger partial charge in [-0.1, -0.05) is 13.8 Å². The van der Waals surface area contributed by atoms with E-state index in [2.05, 4.69) is 12.6 Å². The number of hydrogen-bond acceptors (Lipinski definition) is 4. The summed E-state index contributed by atoms with van der Waals surface area (Å²) >= 11 is 4.09. The maximum absolute atomic E-state index is 11.8. The van der Waals surface area contributed by atoms with E-state index >= 15 is 0 Å². The number of hydrogen-bond donors (Lipinski definition) is 1. The molecule has 0 aromatic rings. The van der Waals surface area contributed by atoms with Crippen LogP contribution in [0.3, 0.4) is 0 Å². The number of ether oxygens (including phenoxy) is 1. The zero-order chi connectivity index (χ0) is 14.5. The van der Waals surface area contributed by atoms with Crippen molar-refractivity contribution >= 4 is 24.4 Å². The summed E-state index contributed by atoms with van der Waals surface area (Å²) in [7, 11) is 0. The molecule has 1 saturated heterocycles. The molecule has 1 rings (SSSR count). The number of nitrogens with zero attached hydrogens (tertiary/aromatic N) is 1. The Labute approximate surface area is 115 Å². The van der Waals surface area contributed by atoms with Gasteiger partial charge in [-0.25, -0.2) is 0 Å². The minimum absolute atomic E-state index is 0.0823. The fraction of sp³-hybridized carbons (Fsp3) is 0.846. The first-order chi connectivity index (χ1) is 8.25. The number of carbonyl (C=O) groups excluding carboxylic acids is 2. The molecule has 0 N–H and O–H groups in total. The lowest BCUT2D eigenvalue weighted by atomic mass is 10.0. The van der Waals surface area contributed by atoms with Crippen LogP contribution in [0.2, 0.25) is 0 Å². The fourth-order valence-electron chi connectivity index (χ4n) is 1.69. The summed E-state index contributed by atoms with van der Waals surface area (Å²) in [5, 5.41) is -0.495. The highest BCUT2D eigenvalue weighted by Gasteiger charge is 2.44. The van der Waals surface area contributed by atoms with Crippen LogP contribution < -0.4 is 0 Å². The average Bonchev–Trinajstić information content (AvgIpc) is 2.54. The van der Waals surface area contributed by atoms with Crippen LogP contribution in [-0.2, 0) is 14.3 Å². The van der Waals surface area contributed by atoms with Gasteiger partial charge in [-0.05, 0) is 27.7 Å². The second-order valence-electron chi connectivity index (χ2n) is 4.96. The first-order valence-corrected chi connectivity index (χ1v) is 6.94. The largest absolute Gasteiger partial charge is 0.376 e. The van der Waals surface area contributed by atoms with Gasteiger partial charge in [-0.15, -0.1) is 0 Å². The Balaban J connectivity index is 0.00000137. The summed E-state index contributed by atoms with van der Waals surface area (Å²) in [4.78, 5) is 24.8. The Hall–Kier alpha value is -0.550. The van der Waals surface area contributed by atoms with Gasteiger partial charge in [0.15, 0.2) is 0 Å².